The maximum atomic E-state index is 14.3. The van der Waals surface area contributed by atoms with E-state index in [1.165, 1.54) is 0 Å². The second kappa shape index (κ2) is 16.6. The van der Waals surface area contributed by atoms with Gasteiger partial charge < -0.3 is 30.2 Å². The predicted octanol–water partition coefficient (Wildman–Crippen LogP) is 6.26. The number of para-hydroxylation sites is 1. The third kappa shape index (κ3) is 8.44. The number of carbonyl (C=O) groups excluding carboxylic acids is 4. The second-order valence-electron chi connectivity index (χ2n) is 14.2. The van der Waals surface area contributed by atoms with Gasteiger partial charge in [0.25, 0.3) is 5.91 Å². The van der Waals surface area contributed by atoms with Gasteiger partial charge >= 0.3 is 0 Å². The van der Waals surface area contributed by atoms with E-state index in [4.69, 9.17) is 16.3 Å². The molecule has 4 amide bonds. The Balaban J connectivity index is 1.10. The topological polar surface area (TPSA) is 124 Å². The number of aromatic nitrogens is 1. The number of H-pyrrole nitrogens is 1. The van der Waals surface area contributed by atoms with Gasteiger partial charge in [-0.25, -0.2) is 0 Å². The highest BCUT2D eigenvalue weighted by molar-refractivity contribution is 6.31. The Bertz CT molecular complexity index is 2120. The number of likely N-dealkylation sites (tertiary alicyclic amines) is 2. The zero-order chi connectivity index (χ0) is 37.6. The monoisotopic (exact) mass is 745 g/mol. The highest BCUT2D eigenvalue weighted by atomic mass is 35.5. The van der Waals surface area contributed by atoms with Gasteiger partial charge in [-0.2, -0.15) is 0 Å². The molecule has 278 valence electrons. The van der Waals surface area contributed by atoms with Crippen molar-refractivity contribution in [2.24, 2.45) is 17.8 Å². The van der Waals surface area contributed by atoms with E-state index in [-0.39, 0.29) is 48.4 Å². The second-order valence-corrected chi connectivity index (χ2v) is 14.7. The van der Waals surface area contributed by atoms with Crippen LogP contribution >= 0.6 is 11.6 Å². The number of benzene rings is 4. The van der Waals surface area contributed by atoms with Gasteiger partial charge in [0.05, 0.1) is 12.3 Å². The predicted molar refractivity (Wildman–Crippen MR) is 208 cm³/mol. The van der Waals surface area contributed by atoms with Crippen molar-refractivity contribution >= 4 is 46.1 Å². The largest absolute Gasteiger partial charge is 0.457 e. The minimum atomic E-state index is -0.736. The quantitative estimate of drug-likeness (QED) is 0.139. The fourth-order valence-electron chi connectivity index (χ4n) is 7.88. The Morgan fingerprint density at radius 2 is 1.59 bits per heavy atom. The lowest BCUT2D eigenvalue weighted by molar-refractivity contribution is -0.140. The Kier molecular flexibility index (Phi) is 11.3. The summed E-state index contributed by atoms with van der Waals surface area (Å²) in [6.45, 7) is 1.35. The number of nitrogens with zero attached hydrogens (tertiary/aromatic N) is 2. The molecule has 54 heavy (non-hydrogen) atoms. The zero-order valence-corrected chi connectivity index (χ0v) is 30.9. The lowest BCUT2D eigenvalue weighted by Crippen LogP contribution is -2.56. The van der Waals surface area contributed by atoms with Gasteiger partial charge in [-0.1, -0.05) is 72.3 Å². The number of carbonyl (C=O) groups is 4. The van der Waals surface area contributed by atoms with Crippen LogP contribution in [0.1, 0.15) is 34.3 Å². The van der Waals surface area contributed by atoms with Crippen molar-refractivity contribution in [1.82, 2.24) is 25.4 Å². The van der Waals surface area contributed by atoms with Crippen molar-refractivity contribution in [2.45, 2.75) is 31.7 Å². The van der Waals surface area contributed by atoms with E-state index >= 15 is 0 Å². The summed E-state index contributed by atoms with van der Waals surface area (Å²) in [5, 5.41) is 7.27. The van der Waals surface area contributed by atoms with Gasteiger partial charge in [-0.05, 0) is 84.7 Å². The molecule has 1 aromatic heterocycles. The van der Waals surface area contributed by atoms with Gasteiger partial charge in [0.2, 0.25) is 17.7 Å². The van der Waals surface area contributed by atoms with Gasteiger partial charge in [0.1, 0.15) is 17.5 Å². The van der Waals surface area contributed by atoms with E-state index < -0.39 is 12.0 Å². The van der Waals surface area contributed by atoms with E-state index in [2.05, 4.69) is 15.6 Å². The number of amides is 4. The molecular formula is C43H44ClN5O5. The number of likely N-dealkylation sites (N-methyl/N-ethyl adjacent to an activating group) is 1. The van der Waals surface area contributed by atoms with Crippen molar-refractivity contribution < 1.29 is 23.9 Å². The van der Waals surface area contributed by atoms with Gasteiger partial charge in [0, 0.05) is 60.9 Å². The van der Waals surface area contributed by atoms with E-state index in [1.54, 1.807) is 41.1 Å². The molecule has 4 atom stereocenters. The van der Waals surface area contributed by atoms with E-state index in [0.717, 1.165) is 28.5 Å². The summed E-state index contributed by atoms with van der Waals surface area (Å²) in [5.41, 5.74) is 3.33. The molecule has 2 saturated heterocycles. The van der Waals surface area contributed by atoms with Crippen LogP contribution in [0.15, 0.2) is 109 Å². The van der Waals surface area contributed by atoms with Crippen molar-refractivity contribution in [3.05, 3.63) is 131 Å². The summed E-state index contributed by atoms with van der Waals surface area (Å²) >= 11 is 6.19. The minimum Gasteiger partial charge on any atom is -0.457 e. The molecule has 5 aromatic rings. The molecule has 3 N–H and O–H groups in total. The smallest absolute Gasteiger partial charge is 0.254 e. The third-order valence-electron chi connectivity index (χ3n) is 10.7. The fourth-order valence-corrected chi connectivity index (χ4v) is 8.05. The summed E-state index contributed by atoms with van der Waals surface area (Å²) in [6.07, 6.45) is 3.90. The van der Waals surface area contributed by atoms with Crippen LogP contribution in [-0.4, -0.2) is 77.7 Å². The van der Waals surface area contributed by atoms with Gasteiger partial charge in [-0.15, -0.1) is 0 Å². The maximum Gasteiger partial charge on any atom is 0.254 e. The third-order valence-corrected chi connectivity index (χ3v) is 10.9. The standard InChI is InChI=1S/C43H44ClN5O5/c1-45-42(52)38(17-8-12-28-10-4-2-5-11-28)47-41(51)37-27-48(40(50)21-30-23-46-39-22-32(44)18-19-35(30)39)24-31-25-49(26-36(31)37)43(53)29-13-9-16-34(20-29)54-33-14-6-3-7-15-33/h2-7,9-11,13-16,18-20,22-23,31,36-38,46H,8,12,17,21,24-27H2,1H3,(H,45,52)(H,47,51)/t31?,36?,37?,38-/m0/s1. The van der Waals surface area contributed by atoms with Crippen LogP contribution in [0.25, 0.3) is 10.9 Å². The first kappa shape index (κ1) is 36.7. The number of halogens is 1. The SMILES string of the molecule is CNC(=O)[C@H](CCCc1ccccc1)NC(=O)C1CN(C(=O)Cc2c[nH]c3cc(Cl)ccc23)CC2CN(C(=O)c3cccc(Oc4ccccc4)c3)CC21. The van der Waals surface area contributed by atoms with Crippen molar-refractivity contribution in [1.29, 1.82) is 0 Å². The average Bonchev–Trinajstić information content (AvgIpc) is 3.81. The summed E-state index contributed by atoms with van der Waals surface area (Å²) in [5.74, 6) is -0.575. The van der Waals surface area contributed by atoms with Crippen molar-refractivity contribution in [3.63, 3.8) is 0 Å². The number of hydrogen-bond donors (Lipinski definition) is 3. The number of ether oxygens (including phenoxy) is 1. The number of nitrogens with one attached hydrogen (secondary N) is 3. The van der Waals surface area contributed by atoms with Crippen LogP contribution in [0.2, 0.25) is 5.02 Å². The first-order valence-electron chi connectivity index (χ1n) is 18.5. The average molecular weight is 746 g/mol. The number of aryl methyl sites for hydroxylation is 1. The molecule has 0 aliphatic carbocycles. The molecule has 7 rings (SSSR count). The Morgan fingerprint density at radius 1 is 0.852 bits per heavy atom. The molecule has 2 aliphatic rings. The molecule has 2 aliphatic heterocycles. The molecule has 3 unspecified atom stereocenters. The molecule has 10 nitrogen and oxygen atoms in total. The number of piperidine rings is 1. The minimum absolute atomic E-state index is 0.108. The maximum absolute atomic E-state index is 14.3. The molecular weight excluding hydrogens is 702 g/mol. The molecule has 0 spiro atoms. The summed E-state index contributed by atoms with van der Waals surface area (Å²) < 4.78 is 6.00. The van der Waals surface area contributed by atoms with Gasteiger partial charge in [0.15, 0.2) is 0 Å². The molecule has 3 heterocycles. The summed E-state index contributed by atoms with van der Waals surface area (Å²) in [6, 6.07) is 31.3. The van der Waals surface area contributed by atoms with Crippen molar-refractivity contribution in [3.8, 4) is 11.5 Å². The fraction of sp³-hybridized carbons (Fsp3) is 0.302. The van der Waals surface area contributed by atoms with Crippen LogP contribution in [0.4, 0.5) is 0 Å². The van der Waals surface area contributed by atoms with Crippen LogP contribution in [-0.2, 0) is 27.2 Å². The number of rotatable bonds is 12. The Hall–Kier alpha value is -5.61. The van der Waals surface area contributed by atoms with E-state index in [0.29, 0.717) is 54.6 Å². The van der Waals surface area contributed by atoms with Gasteiger partial charge in [-0.3, -0.25) is 19.2 Å². The lowest BCUT2D eigenvalue weighted by atomic mass is 9.79. The van der Waals surface area contributed by atoms with E-state index in [9.17, 15) is 19.2 Å². The lowest BCUT2D eigenvalue weighted by Gasteiger charge is -2.40. The molecule has 4 aromatic carbocycles. The van der Waals surface area contributed by atoms with Crippen LogP contribution < -0.4 is 15.4 Å². The molecule has 11 heteroatoms. The van der Waals surface area contributed by atoms with E-state index in [1.807, 2.05) is 85.1 Å². The summed E-state index contributed by atoms with van der Waals surface area (Å²) in [4.78, 5) is 62.1. The Morgan fingerprint density at radius 3 is 2.37 bits per heavy atom. The molecule has 2 fully saturated rings. The highest BCUT2D eigenvalue weighted by Crippen LogP contribution is 2.37. The van der Waals surface area contributed by atoms with Crippen LogP contribution in [0, 0.1) is 17.8 Å². The van der Waals surface area contributed by atoms with Crippen LogP contribution in [0.3, 0.4) is 0 Å². The Labute approximate surface area is 319 Å². The number of fused-ring (bicyclic) bond motifs is 2. The summed E-state index contributed by atoms with van der Waals surface area (Å²) in [7, 11) is 1.56. The van der Waals surface area contributed by atoms with Crippen molar-refractivity contribution in [2.75, 3.05) is 33.2 Å². The number of aromatic amines is 1. The normalized spacial score (nSPS) is 18.5. The first-order valence-corrected chi connectivity index (χ1v) is 18.8. The van der Waals surface area contributed by atoms with Crippen LogP contribution in [0.5, 0.6) is 11.5 Å². The zero-order valence-electron chi connectivity index (χ0n) is 30.2. The highest BCUT2D eigenvalue weighted by Gasteiger charge is 2.48. The molecule has 0 radical (unpaired) electrons. The molecule has 0 saturated carbocycles. The number of hydrogen-bond acceptors (Lipinski definition) is 5. The molecule has 0 bridgehead atoms. The first-order chi connectivity index (χ1) is 26.2.